The molecule has 204 valence electrons. The van der Waals surface area contributed by atoms with Crippen molar-refractivity contribution in [2.45, 2.75) is 32.6 Å². The molecule has 4 aromatic carbocycles. The van der Waals surface area contributed by atoms with Crippen LogP contribution in [-0.4, -0.2) is 37.1 Å². The first kappa shape index (κ1) is 27.4. The van der Waals surface area contributed by atoms with Crippen molar-refractivity contribution in [1.29, 1.82) is 0 Å². The first-order chi connectivity index (χ1) is 19.7. The molecule has 0 atom stereocenters. The third kappa shape index (κ3) is 7.08. The molecule has 1 fully saturated rings. The molecular weight excluding hydrogens is 494 g/mol. The highest BCUT2D eigenvalue weighted by Gasteiger charge is 2.15. The largest absolute Gasteiger partial charge is 0.492 e. The average Bonchev–Trinajstić information content (AvgIpc) is 3.02. The third-order valence-electron chi connectivity index (χ3n) is 7.41. The molecule has 1 aliphatic heterocycles. The lowest BCUT2D eigenvalue weighted by Crippen LogP contribution is -2.33. The van der Waals surface area contributed by atoms with Crippen molar-refractivity contribution in [3.63, 3.8) is 0 Å². The number of rotatable bonds is 10. The summed E-state index contributed by atoms with van der Waals surface area (Å²) in [5, 5.41) is 0. The number of carbonyl (C=O) groups excluding carboxylic acids is 1. The highest BCUT2D eigenvalue weighted by Crippen LogP contribution is 2.35. The number of piperidine rings is 1. The fraction of sp³-hybridized carbons (Fsp3) is 0.250. The second-order valence-electron chi connectivity index (χ2n) is 10.1. The Labute approximate surface area is 237 Å². The molecule has 0 bridgehead atoms. The van der Waals surface area contributed by atoms with Gasteiger partial charge in [0.15, 0.2) is 0 Å². The van der Waals surface area contributed by atoms with Gasteiger partial charge in [0.05, 0.1) is 5.56 Å². The summed E-state index contributed by atoms with van der Waals surface area (Å²) < 4.78 is 11.7. The van der Waals surface area contributed by atoms with Crippen LogP contribution in [0.25, 0.3) is 11.1 Å². The van der Waals surface area contributed by atoms with Gasteiger partial charge in [0.1, 0.15) is 18.1 Å². The van der Waals surface area contributed by atoms with Crippen LogP contribution in [0.1, 0.15) is 59.7 Å². The highest BCUT2D eigenvalue weighted by molar-refractivity contribution is 5.98. The van der Waals surface area contributed by atoms with Crippen molar-refractivity contribution in [3.05, 3.63) is 131 Å². The first-order valence-corrected chi connectivity index (χ1v) is 14.3. The maximum absolute atomic E-state index is 12.5. The quantitative estimate of drug-likeness (QED) is 0.118. The number of allylic oxidation sites excluding steroid dienone is 1. The predicted molar refractivity (Wildman–Crippen MR) is 163 cm³/mol. The van der Waals surface area contributed by atoms with Gasteiger partial charge >= 0.3 is 5.97 Å². The summed E-state index contributed by atoms with van der Waals surface area (Å²) >= 11 is 0. The minimum atomic E-state index is -0.362. The second-order valence-corrected chi connectivity index (χ2v) is 10.1. The normalized spacial score (nSPS) is 14.3. The number of hydrogen-bond donors (Lipinski definition) is 0. The number of benzene rings is 4. The molecule has 4 heteroatoms. The molecule has 0 N–H and O–H groups in total. The summed E-state index contributed by atoms with van der Waals surface area (Å²) in [5.74, 6) is 1.05. The van der Waals surface area contributed by atoms with Crippen molar-refractivity contribution in [2.75, 3.05) is 26.2 Å². The van der Waals surface area contributed by atoms with Gasteiger partial charge in [-0.15, -0.1) is 0 Å². The molecule has 1 aliphatic rings. The van der Waals surface area contributed by atoms with E-state index in [1.165, 1.54) is 43.5 Å². The van der Waals surface area contributed by atoms with E-state index in [1.807, 2.05) is 48.5 Å². The average molecular weight is 532 g/mol. The third-order valence-corrected chi connectivity index (χ3v) is 7.41. The molecule has 1 heterocycles. The van der Waals surface area contributed by atoms with Crippen molar-refractivity contribution in [2.24, 2.45) is 0 Å². The Kier molecular flexibility index (Phi) is 9.44. The Balaban J connectivity index is 1.38. The lowest BCUT2D eigenvalue weighted by atomic mass is 9.88. The number of nitrogens with zero attached hydrogens (tertiary/aromatic N) is 1. The number of carbonyl (C=O) groups is 1. The van der Waals surface area contributed by atoms with E-state index in [9.17, 15) is 4.79 Å². The first-order valence-electron chi connectivity index (χ1n) is 14.3. The molecular formula is C36H37NO3. The predicted octanol–water partition coefficient (Wildman–Crippen LogP) is 8.14. The monoisotopic (exact) mass is 531 g/mol. The van der Waals surface area contributed by atoms with E-state index in [2.05, 4.69) is 60.4 Å². The summed E-state index contributed by atoms with van der Waals surface area (Å²) in [5.41, 5.74) is 6.34. The van der Waals surface area contributed by atoms with Gasteiger partial charge in [-0.1, -0.05) is 86.1 Å². The molecule has 0 aromatic heterocycles. The van der Waals surface area contributed by atoms with E-state index in [1.54, 1.807) is 12.1 Å². The van der Waals surface area contributed by atoms with Gasteiger partial charge in [-0.25, -0.2) is 4.79 Å². The number of ether oxygens (including phenoxy) is 2. The smallest absolute Gasteiger partial charge is 0.343 e. The zero-order chi connectivity index (χ0) is 27.6. The summed E-state index contributed by atoms with van der Waals surface area (Å²) in [6.45, 7) is 6.23. The van der Waals surface area contributed by atoms with Crippen LogP contribution in [0.5, 0.6) is 11.5 Å². The Bertz CT molecular complexity index is 1390. The lowest BCUT2D eigenvalue weighted by Gasteiger charge is -2.26. The van der Waals surface area contributed by atoms with Crippen LogP contribution in [0.2, 0.25) is 0 Å². The summed E-state index contributed by atoms with van der Waals surface area (Å²) in [6.07, 6.45) is 4.81. The molecule has 40 heavy (non-hydrogen) atoms. The Morgan fingerprint density at radius 3 is 1.77 bits per heavy atom. The zero-order valence-corrected chi connectivity index (χ0v) is 23.2. The maximum atomic E-state index is 12.5. The standard InChI is InChI=1S/C36H37NO3/c1-2-34(28-12-6-3-7-13-28)35(29-16-20-32(21-17-29)39-27-26-37-24-10-5-11-25-37)30-18-22-33(23-19-30)40-36(38)31-14-8-4-9-15-31/h3-4,6-9,12-23H,2,5,10-11,24-27H2,1H3/b35-34-. The van der Waals surface area contributed by atoms with E-state index in [4.69, 9.17) is 9.47 Å². The molecule has 0 amide bonds. The minimum Gasteiger partial charge on any atom is -0.492 e. The van der Waals surface area contributed by atoms with Gasteiger partial charge in [-0.3, -0.25) is 4.90 Å². The SMILES string of the molecule is CC/C(=C(\c1ccc(OCCN2CCCCC2)cc1)c1ccc(OC(=O)c2ccccc2)cc1)c1ccccc1. The van der Waals surface area contributed by atoms with Crippen LogP contribution in [0.3, 0.4) is 0 Å². The molecule has 0 saturated carbocycles. The van der Waals surface area contributed by atoms with E-state index in [-0.39, 0.29) is 5.97 Å². The molecule has 0 unspecified atom stereocenters. The second kappa shape index (κ2) is 13.8. The van der Waals surface area contributed by atoms with E-state index in [0.29, 0.717) is 17.9 Å². The summed E-state index contributed by atoms with van der Waals surface area (Å²) in [7, 11) is 0. The van der Waals surface area contributed by atoms with Crippen LogP contribution < -0.4 is 9.47 Å². The Morgan fingerprint density at radius 2 is 1.20 bits per heavy atom. The molecule has 4 nitrogen and oxygen atoms in total. The molecule has 4 aromatic rings. The van der Waals surface area contributed by atoms with Gasteiger partial charge < -0.3 is 9.47 Å². The molecule has 1 saturated heterocycles. The van der Waals surface area contributed by atoms with Crippen LogP contribution in [-0.2, 0) is 0 Å². The van der Waals surface area contributed by atoms with Crippen molar-refractivity contribution >= 4 is 17.1 Å². The summed E-state index contributed by atoms with van der Waals surface area (Å²) in [4.78, 5) is 15.0. The van der Waals surface area contributed by atoms with Gasteiger partial charge in [-0.05, 0) is 96.6 Å². The maximum Gasteiger partial charge on any atom is 0.343 e. The van der Waals surface area contributed by atoms with Crippen molar-refractivity contribution in [3.8, 4) is 11.5 Å². The van der Waals surface area contributed by atoms with Crippen LogP contribution in [0, 0.1) is 0 Å². The van der Waals surface area contributed by atoms with E-state index in [0.717, 1.165) is 35.4 Å². The van der Waals surface area contributed by atoms with E-state index >= 15 is 0 Å². The number of esters is 1. The highest BCUT2D eigenvalue weighted by atomic mass is 16.5. The fourth-order valence-electron chi connectivity index (χ4n) is 5.30. The van der Waals surface area contributed by atoms with Crippen molar-refractivity contribution in [1.82, 2.24) is 4.90 Å². The molecule has 5 rings (SSSR count). The minimum absolute atomic E-state index is 0.362. The Hall–Kier alpha value is -4.15. The topological polar surface area (TPSA) is 38.8 Å². The lowest BCUT2D eigenvalue weighted by molar-refractivity contribution is 0.0734. The van der Waals surface area contributed by atoms with Gasteiger partial charge in [0.25, 0.3) is 0 Å². The molecule has 0 spiro atoms. The molecule has 0 aliphatic carbocycles. The van der Waals surface area contributed by atoms with Gasteiger partial charge in [-0.2, -0.15) is 0 Å². The number of hydrogen-bond acceptors (Lipinski definition) is 4. The van der Waals surface area contributed by atoms with E-state index < -0.39 is 0 Å². The van der Waals surface area contributed by atoms with Crippen LogP contribution >= 0.6 is 0 Å². The Morgan fingerprint density at radius 1 is 0.650 bits per heavy atom. The van der Waals surface area contributed by atoms with Gasteiger partial charge in [0.2, 0.25) is 0 Å². The van der Waals surface area contributed by atoms with Crippen molar-refractivity contribution < 1.29 is 14.3 Å². The summed E-state index contributed by atoms with van der Waals surface area (Å²) in [6, 6.07) is 35.8. The van der Waals surface area contributed by atoms with Crippen LogP contribution in [0.4, 0.5) is 0 Å². The number of likely N-dealkylation sites (tertiary alicyclic amines) is 1. The molecule has 0 radical (unpaired) electrons. The zero-order valence-electron chi connectivity index (χ0n) is 23.2. The fourth-order valence-corrected chi connectivity index (χ4v) is 5.30. The van der Waals surface area contributed by atoms with Gasteiger partial charge in [0, 0.05) is 6.54 Å². The van der Waals surface area contributed by atoms with Crippen LogP contribution in [0.15, 0.2) is 109 Å².